The summed E-state index contributed by atoms with van der Waals surface area (Å²) in [5.41, 5.74) is 8.19. The highest BCUT2D eigenvalue weighted by molar-refractivity contribution is 6.20. The van der Waals surface area contributed by atoms with Crippen molar-refractivity contribution >= 4 is 60.2 Å². The van der Waals surface area contributed by atoms with Gasteiger partial charge in [0.15, 0.2) is 0 Å². The average Bonchev–Trinajstić information content (AvgIpc) is 3.15. The second-order valence-corrected chi connectivity index (χ2v) is 12.2. The molecule has 9 aromatic rings. The zero-order valence-electron chi connectivity index (χ0n) is 25.8. The monoisotopic (exact) mass is 597 g/mol. The van der Waals surface area contributed by atoms with Gasteiger partial charge >= 0.3 is 0 Å². The van der Waals surface area contributed by atoms with E-state index in [0.29, 0.717) is 0 Å². The fourth-order valence-electron chi connectivity index (χ4n) is 7.08. The van der Waals surface area contributed by atoms with Crippen molar-refractivity contribution in [3.8, 4) is 22.3 Å². The van der Waals surface area contributed by atoms with Crippen LogP contribution in [0, 0.1) is 0 Å². The number of para-hydroxylation sites is 1. The maximum Gasteiger partial charge on any atom is 0.0540 e. The molecular weight excluding hydrogens is 567 g/mol. The molecule has 0 atom stereocenters. The summed E-state index contributed by atoms with van der Waals surface area (Å²) < 4.78 is 0. The maximum atomic E-state index is 2.39. The summed E-state index contributed by atoms with van der Waals surface area (Å²) in [7, 11) is 0. The molecule has 0 N–H and O–H groups in total. The molecule has 0 fully saturated rings. The molecule has 47 heavy (non-hydrogen) atoms. The third-order valence-electron chi connectivity index (χ3n) is 9.41. The van der Waals surface area contributed by atoms with Gasteiger partial charge in [-0.25, -0.2) is 0 Å². The van der Waals surface area contributed by atoms with Gasteiger partial charge in [-0.15, -0.1) is 0 Å². The lowest BCUT2D eigenvalue weighted by Crippen LogP contribution is -2.11. The molecule has 0 spiro atoms. The average molecular weight is 598 g/mol. The first-order valence-corrected chi connectivity index (χ1v) is 16.2. The first-order chi connectivity index (χ1) is 23.3. The van der Waals surface area contributed by atoms with Crippen LogP contribution in [0.5, 0.6) is 0 Å². The second kappa shape index (κ2) is 11.3. The summed E-state index contributed by atoms with van der Waals surface area (Å²) >= 11 is 0. The lowest BCUT2D eigenvalue weighted by molar-refractivity contribution is 1.29. The van der Waals surface area contributed by atoms with Gasteiger partial charge in [-0.1, -0.05) is 152 Å². The highest BCUT2D eigenvalue weighted by Gasteiger charge is 2.18. The van der Waals surface area contributed by atoms with Crippen LogP contribution in [0.4, 0.5) is 17.1 Å². The second-order valence-electron chi connectivity index (χ2n) is 12.2. The van der Waals surface area contributed by atoms with E-state index in [-0.39, 0.29) is 0 Å². The third-order valence-corrected chi connectivity index (χ3v) is 9.41. The van der Waals surface area contributed by atoms with Gasteiger partial charge in [0.1, 0.15) is 0 Å². The Morgan fingerprint density at radius 1 is 0.298 bits per heavy atom. The van der Waals surface area contributed by atoms with Crippen molar-refractivity contribution in [3.63, 3.8) is 0 Å². The van der Waals surface area contributed by atoms with E-state index >= 15 is 0 Å². The van der Waals surface area contributed by atoms with E-state index in [1.807, 2.05) is 0 Å². The van der Waals surface area contributed by atoms with Crippen molar-refractivity contribution in [1.82, 2.24) is 0 Å². The standard InChI is InChI=1S/C46H31N/c1-2-11-34(12-3-1)42-15-8-9-17-45(42)47(41-29-26-32-10-4-5-14-38(32)30-41)40-27-24-33(25-28-40)39-23-20-36-19-22-37-21-18-35-13-6-7-16-43(35)46(37)44(36)31-39/h1-31H. The molecule has 0 bridgehead atoms. The zero-order chi connectivity index (χ0) is 31.2. The molecular formula is C46H31N. The molecule has 0 heterocycles. The van der Waals surface area contributed by atoms with Crippen molar-refractivity contribution in [2.45, 2.75) is 0 Å². The molecule has 0 aliphatic heterocycles. The highest BCUT2D eigenvalue weighted by Crippen LogP contribution is 2.42. The van der Waals surface area contributed by atoms with Crippen molar-refractivity contribution in [2.75, 3.05) is 4.90 Å². The Balaban J connectivity index is 1.19. The first kappa shape index (κ1) is 27.2. The summed E-state index contributed by atoms with van der Waals surface area (Å²) in [6.07, 6.45) is 0. The summed E-state index contributed by atoms with van der Waals surface area (Å²) in [5.74, 6) is 0. The van der Waals surface area contributed by atoms with Crippen LogP contribution in [0.3, 0.4) is 0 Å². The van der Waals surface area contributed by atoms with Crippen LogP contribution in [-0.4, -0.2) is 0 Å². The van der Waals surface area contributed by atoms with Crippen molar-refractivity contribution < 1.29 is 0 Å². The number of rotatable bonds is 5. The lowest BCUT2D eigenvalue weighted by atomic mass is 9.94. The molecule has 9 aromatic carbocycles. The van der Waals surface area contributed by atoms with Gasteiger partial charge in [0.2, 0.25) is 0 Å². The fourth-order valence-corrected chi connectivity index (χ4v) is 7.08. The summed E-state index contributed by atoms with van der Waals surface area (Å²) in [5, 5.41) is 10.2. The first-order valence-electron chi connectivity index (χ1n) is 16.2. The minimum atomic E-state index is 1.12. The smallest absolute Gasteiger partial charge is 0.0540 e. The van der Waals surface area contributed by atoms with E-state index in [0.717, 1.165) is 17.1 Å². The van der Waals surface area contributed by atoms with Crippen LogP contribution < -0.4 is 4.90 Å². The van der Waals surface area contributed by atoms with E-state index in [1.165, 1.54) is 65.3 Å². The predicted octanol–water partition coefficient (Wildman–Crippen LogP) is 13.1. The van der Waals surface area contributed by atoms with Gasteiger partial charge in [0, 0.05) is 16.9 Å². The Kier molecular flexibility index (Phi) is 6.54. The van der Waals surface area contributed by atoms with Crippen molar-refractivity contribution in [3.05, 3.63) is 188 Å². The van der Waals surface area contributed by atoms with Gasteiger partial charge < -0.3 is 4.90 Å². The maximum absolute atomic E-state index is 2.39. The van der Waals surface area contributed by atoms with Gasteiger partial charge in [0.05, 0.1) is 5.69 Å². The summed E-state index contributed by atoms with van der Waals surface area (Å²) in [4.78, 5) is 2.39. The van der Waals surface area contributed by atoms with Gasteiger partial charge in [-0.3, -0.25) is 0 Å². The number of benzene rings is 9. The molecule has 1 heteroatoms. The summed E-state index contributed by atoms with van der Waals surface area (Å²) in [6, 6.07) is 68.3. The quantitative estimate of drug-likeness (QED) is 0.178. The van der Waals surface area contributed by atoms with Crippen LogP contribution in [-0.2, 0) is 0 Å². The molecule has 0 aromatic heterocycles. The van der Waals surface area contributed by atoms with Crippen LogP contribution in [0.15, 0.2) is 188 Å². The van der Waals surface area contributed by atoms with Crippen LogP contribution >= 0.6 is 0 Å². The van der Waals surface area contributed by atoms with Gasteiger partial charge in [-0.2, -0.15) is 0 Å². The number of anilines is 3. The van der Waals surface area contributed by atoms with Crippen LogP contribution in [0.25, 0.3) is 65.3 Å². The topological polar surface area (TPSA) is 3.24 Å². The molecule has 0 saturated carbocycles. The molecule has 0 radical (unpaired) electrons. The number of hydrogen-bond acceptors (Lipinski definition) is 1. The van der Waals surface area contributed by atoms with Gasteiger partial charge in [-0.05, 0) is 96.2 Å². The third kappa shape index (κ3) is 4.81. The molecule has 220 valence electrons. The van der Waals surface area contributed by atoms with E-state index < -0.39 is 0 Å². The molecule has 0 unspecified atom stereocenters. The van der Waals surface area contributed by atoms with Crippen molar-refractivity contribution in [2.24, 2.45) is 0 Å². The van der Waals surface area contributed by atoms with E-state index in [1.54, 1.807) is 0 Å². The number of fused-ring (bicyclic) bond motifs is 6. The Morgan fingerprint density at radius 3 is 1.70 bits per heavy atom. The van der Waals surface area contributed by atoms with E-state index in [4.69, 9.17) is 0 Å². The molecule has 0 aliphatic carbocycles. The molecule has 0 saturated heterocycles. The van der Waals surface area contributed by atoms with Crippen molar-refractivity contribution in [1.29, 1.82) is 0 Å². The fraction of sp³-hybridized carbons (Fsp3) is 0. The minimum Gasteiger partial charge on any atom is -0.310 e. The Morgan fingerprint density at radius 2 is 0.872 bits per heavy atom. The summed E-state index contributed by atoms with van der Waals surface area (Å²) in [6.45, 7) is 0. The molecule has 0 aliphatic rings. The lowest BCUT2D eigenvalue weighted by Gasteiger charge is -2.28. The molecule has 9 rings (SSSR count). The Labute approximate surface area is 274 Å². The minimum absolute atomic E-state index is 1.12. The highest BCUT2D eigenvalue weighted by atomic mass is 15.1. The van der Waals surface area contributed by atoms with Crippen LogP contribution in [0.1, 0.15) is 0 Å². The van der Waals surface area contributed by atoms with E-state index in [9.17, 15) is 0 Å². The van der Waals surface area contributed by atoms with Gasteiger partial charge in [0.25, 0.3) is 0 Å². The normalized spacial score (nSPS) is 11.4. The largest absolute Gasteiger partial charge is 0.310 e. The molecule has 1 nitrogen and oxygen atoms in total. The zero-order valence-corrected chi connectivity index (χ0v) is 25.8. The van der Waals surface area contributed by atoms with Crippen LogP contribution in [0.2, 0.25) is 0 Å². The number of nitrogens with zero attached hydrogens (tertiary/aromatic N) is 1. The number of hydrogen-bond donors (Lipinski definition) is 0. The molecule has 0 amide bonds. The SMILES string of the molecule is c1ccc(-c2ccccc2N(c2ccc(-c3ccc4ccc5ccc6ccccc6c5c4c3)cc2)c2ccc3ccccc3c2)cc1. The Bertz CT molecular complexity index is 2560. The Hall–Kier alpha value is -6.18. The predicted molar refractivity (Wildman–Crippen MR) is 202 cm³/mol. The van der Waals surface area contributed by atoms with E-state index in [2.05, 4.69) is 193 Å².